The van der Waals surface area contributed by atoms with E-state index in [1.54, 1.807) is 38.5 Å². The van der Waals surface area contributed by atoms with Crippen LogP contribution in [0.5, 0.6) is 11.5 Å². The van der Waals surface area contributed by atoms with Gasteiger partial charge in [-0.15, -0.1) is 0 Å². The van der Waals surface area contributed by atoms with Crippen molar-refractivity contribution < 1.29 is 19.4 Å². The lowest BCUT2D eigenvalue weighted by molar-refractivity contribution is -0.114. The standard InChI is InChI=1S/C21H21N5O4/c1-12(27)24-19-5-4-13(11-23-19)16(28)10-20-25-15-9-18(30-3)17(29-2)8-14(15)21-22-6-7-26(20)21/h4-5,8-11,28H,6-7H2,1-3H3,(H,23,24,27)/b16-10-. The number of amidine groups is 2. The Kier molecular flexibility index (Phi) is 5.09. The fourth-order valence-electron chi connectivity index (χ4n) is 3.34. The van der Waals surface area contributed by atoms with E-state index in [2.05, 4.69) is 15.3 Å². The van der Waals surface area contributed by atoms with Crippen LogP contribution in [0.2, 0.25) is 0 Å². The summed E-state index contributed by atoms with van der Waals surface area (Å²) in [7, 11) is 3.16. The van der Waals surface area contributed by atoms with Crippen LogP contribution in [-0.4, -0.2) is 59.9 Å². The van der Waals surface area contributed by atoms with E-state index in [0.29, 0.717) is 47.5 Å². The first-order valence-electron chi connectivity index (χ1n) is 9.32. The second-order valence-corrected chi connectivity index (χ2v) is 6.69. The van der Waals surface area contributed by atoms with E-state index in [1.165, 1.54) is 13.1 Å². The maximum absolute atomic E-state index is 11.1. The molecular weight excluding hydrogens is 386 g/mol. The summed E-state index contributed by atoms with van der Waals surface area (Å²) >= 11 is 0. The van der Waals surface area contributed by atoms with E-state index in [0.717, 1.165) is 11.4 Å². The molecule has 0 unspecified atom stereocenters. The van der Waals surface area contributed by atoms with Crippen LogP contribution in [0, 0.1) is 0 Å². The van der Waals surface area contributed by atoms with Crippen LogP contribution >= 0.6 is 0 Å². The Morgan fingerprint density at radius 1 is 1.23 bits per heavy atom. The third kappa shape index (κ3) is 3.57. The number of fused-ring (bicyclic) bond motifs is 3. The Labute approximate surface area is 173 Å². The number of benzene rings is 1. The highest BCUT2D eigenvalue weighted by Crippen LogP contribution is 2.38. The Balaban J connectivity index is 1.71. The highest BCUT2D eigenvalue weighted by molar-refractivity contribution is 6.20. The molecule has 2 aliphatic rings. The van der Waals surface area contributed by atoms with Gasteiger partial charge in [0, 0.05) is 42.9 Å². The minimum absolute atomic E-state index is 0.00537. The number of rotatable bonds is 5. The number of aliphatic hydroxyl groups excluding tert-OH is 1. The van der Waals surface area contributed by atoms with Gasteiger partial charge >= 0.3 is 0 Å². The van der Waals surface area contributed by atoms with Crippen molar-refractivity contribution in [1.82, 2.24) is 9.88 Å². The number of nitrogens with one attached hydrogen (secondary N) is 1. The minimum Gasteiger partial charge on any atom is -0.507 e. The third-order valence-corrected chi connectivity index (χ3v) is 4.72. The molecule has 3 heterocycles. The number of methoxy groups -OCH3 is 2. The molecule has 2 aliphatic heterocycles. The van der Waals surface area contributed by atoms with Gasteiger partial charge in [0.1, 0.15) is 23.2 Å². The molecule has 0 radical (unpaired) electrons. The number of aliphatic imine (C=N–C) groups is 2. The number of pyridine rings is 1. The summed E-state index contributed by atoms with van der Waals surface area (Å²) in [4.78, 5) is 26.5. The molecule has 0 saturated carbocycles. The zero-order valence-electron chi connectivity index (χ0n) is 16.8. The molecule has 9 nitrogen and oxygen atoms in total. The summed E-state index contributed by atoms with van der Waals surface area (Å²) in [5.74, 6) is 2.72. The average Bonchev–Trinajstić information content (AvgIpc) is 3.23. The van der Waals surface area contributed by atoms with Gasteiger partial charge in [0.15, 0.2) is 11.5 Å². The molecule has 2 N–H and O–H groups in total. The zero-order valence-corrected chi connectivity index (χ0v) is 16.8. The second kappa shape index (κ2) is 7.86. The number of ether oxygens (including phenoxy) is 2. The van der Waals surface area contributed by atoms with Gasteiger partial charge in [0.2, 0.25) is 5.91 Å². The lowest BCUT2D eigenvalue weighted by atomic mass is 10.1. The van der Waals surface area contributed by atoms with E-state index in [4.69, 9.17) is 14.5 Å². The molecule has 0 fully saturated rings. The summed E-state index contributed by atoms with van der Waals surface area (Å²) in [6.45, 7) is 2.70. The molecule has 0 aliphatic carbocycles. The molecule has 0 bridgehead atoms. The minimum atomic E-state index is -0.210. The number of anilines is 1. The molecule has 0 saturated heterocycles. The van der Waals surface area contributed by atoms with Gasteiger partial charge in [-0.05, 0) is 18.2 Å². The molecular formula is C21H21N5O4. The SMILES string of the molecule is COc1cc2c(cc1OC)C1=NCCN1C(/C=C(\O)c1ccc(NC(C)=O)nc1)=N2. The van der Waals surface area contributed by atoms with E-state index in [1.807, 2.05) is 11.0 Å². The molecule has 9 heteroatoms. The molecule has 2 aromatic rings. The maximum atomic E-state index is 11.1. The summed E-state index contributed by atoms with van der Waals surface area (Å²) in [5, 5.41) is 13.2. The van der Waals surface area contributed by atoms with Crippen molar-refractivity contribution in [1.29, 1.82) is 0 Å². The first-order chi connectivity index (χ1) is 14.5. The van der Waals surface area contributed by atoms with Gasteiger partial charge < -0.3 is 24.8 Å². The fraction of sp³-hybridized carbons (Fsp3) is 0.238. The third-order valence-electron chi connectivity index (χ3n) is 4.72. The van der Waals surface area contributed by atoms with E-state index in [-0.39, 0.29) is 11.7 Å². The van der Waals surface area contributed by atoms with E-state index in [9.17, 15) is 9.90 Å². The quantitative estimate of drug-likeness (QED) is 0.738. The predicted octanol–water partition coefficient (Wildman–Crippen LogP) is 2.76. The number of hydrogen-bond acceptors (Lipinski definition) is 8. The van der Waals surface area contributed by atoms with Crippen LogP contribution in [0.4, 0.5) is 11.5 Å². The summed E-state index contributed by atoms with van der Waals surface area (Å²) in [6.07, 6.45) is 3.07. The van der Waals surface area contributed by atoms with Gasteiger partial charge in [-0.25, -0.2) is 9.98 Å². The molecule has 1 aromatic heterocycles. The summed E-state index contributed by atoms with van der Waals surface area (Å²) < 4.78 is 10.8. The highest BCUT2D eigenvalue weighted by atomic mass is 16.5. The van der Waals surface area contributed by atoms with Crippen LogP contribution in [0.1, 0.15) is 18.1 Å². The first kappa shape index (κ1) is 19.4. The van der Waals surface area contributed by atoms with Gasteiger partial charge in [0.05, 0.1) is 26.5 Å². The summed E-state index contributed by atoms with van der Waals surface area (Å²) in [6, 6.07) is 6.95. The molecule has 154 valence electrons. The number of carbonyl (C=O) groups is 1. The fourth-order valence-corrected chi connectivity index (χ4v) is 3.34. The smallest absolute Gasteiger partial charge is 0.222 e. The van der Waals surface area contributed by atoms with Crippen LogP contribution in [-0.2, 0) is 4.79 Å². The van der Waals surface area contributed by atoms with Gasteiger partial charge in [-0.3, -0.25) is 9.79 Å². The Morgan fingerprint density at radius 2 is 2.00 bits per heavy atom. The van der Waals surface area contributed by atoms with Crippen LogP contribution in [0.15, 0.2) is 46.5 Å². The molecule has 4 rings (SSSR count). The average molecular weight is 407 g/mol. The number of carbonyl (C=O) groups excluding carboxylic acids is 1. The first-order valence-corrected chi connectivity index (χ1v) is 9.32. The highest BCUT2D eigenvalue weighted by Gasteiger charge is 2.30. The maximum Gasteiger partial charge on any atom is 0.222 e. The number of nitrogens with zero attached hydrogens (tertiary/aromatic N) is 4. The van der Waals surface area contributed by atoms with Crippen molar-refractivity contribution in [3.8, 4) is 11.5 Å². The number of aromatic nitrogens is 1. The lowest BCUT2D eigenvalue weighted by Gasteiger charge is -2.26. The second-order valence-electron chi connectivity index (χ2n) is 6.69. The molecule has 0 atom stereocenters. The molecule has 1 aromatic carbocycles. The largest absolute Gasteiger partial charge is 0.507 e. The van der Waals surface area contributed by atoms with Crippen molar-refractivity contribution in [3.63, 3.8) is 0 Å². The van der Waals surface area contributed by atoms with E-state index >= 15 is 0 Å². The Morgan fingerprint density at radius 3 is 2.67 bits per heavy atom. The number of hydrogen-bond donors (Lipinski definition) is 2. The topological polar surface area (TPSA) is 109 Å². The van der Waals surface area contributed by atoms with Crippen molar-refractivity contribution in [2.45, 2.75) is 6.92 Å². The zero-order chi connectivity index (χ0) is 21.3. The molecule has 0 spiro atoms. The normalized spacial score (nSPS) is 15.0. The Bertz CT molecular complexity index is 1090. The van der Waals surface area contributed by atoms with Crippen molar-refractivity contribution >= 4 is 34.8 Å². The van der Waals surface area contributed by atoms with Crippen LogP contribution in [0.25, 0.3) is 5.76 Å². The van der Waals surface area contributed by atoms with Gasteiger partial charge in [-0.1, -0.05) is 0 Å². The molecule has 30 heavy (non-hydrogen) atoms. The van der Waals surface area contributed by atoms with E-state index < -0.39 is 0 Å². The lowest BCUT2D eigenvalue weighted by Crippen LogP contribution is -2.36. The predicted molar refractivity (Wildman–Crippen MR) is 114 cm³/mol. The van der Waals surface area contributed by atoms with Crippen LogP contribution < -0.4 is 14.8 Å². The van der Waals surface area contributed by atoms with Crippen molar-refractivity contribution in [2.24, 2.45) is 9.98 Å². The number of amides is 1. The van der Waals surface area contributed by atoms with Crippen LogP contribution in [0.3, 0.4) is 0 Å². The monoisotopic (exact) mass is 407 g/mol. The van der Waals surface area contributed by atoms with Gasteiger partial charge in [0.25, 0.3) is 0 Å². The molecule has 1 amide bonds. The van der Waals surface area contributed by atoms with Gasteiger partial charge in [-0.2, -0.15) is 0 Å². The summed E-state index contributed by atoms with van der Waals surface area (Å²) in [5.41, 5.74) is 2.04. The number of aliphatic hydroxyl groups is 1. The Hall–Kier alpha value is -3.88. The van der Waals surface area contributed by atoms with Crippen molar-refractivity contribution in [3.05, 3.63) is 47.7 Å². The van der Waals surface area contributed by atoms with Crippen molar-refractivity contribution in [2.75, 3.05) is 32.6 Å².